The summed E-state index contributed by atoms with van der Waals surface area (Å²) in [4.78, 5) is 12.3. The summed E-state index contributed by atoms with van der Waals surface area (Å²) >= 11 is 12.4. The van der Waals surface area contributed by atoms with Crippen LogP contribution in [0.2, 0.25) is 10.0 Å². The van der Waals surface area contributed by atoms with Crippen molar-refractivity contribution >= 4 is 39.9 Å². The predicted octanol–water partition coefficient (Wildman–Crippen LogP) is 5.86. The SMILES string of the molecule is CCCC(=O)N[C@H](c1ccc(Cl)cc1Cl)c1ccc2ccccc2c1O. The molecule has 3 aromatic rings. The first-order chi connectivity index (χ1) is 12.5. The number of fused-ring (bicyclic) bond motifs is 1. The van der Waals surface area contributed by atoms with Crippen LogP contribution in [0, 0.1) is 0 Å². The van der Waals surface area contributed by atoms with Gasteiger partial charge in [0.15, 0.2) is 0 Å². The Morgan fingerprint density at radius 2 is 1.81 bits per heavy atom. The fourth-order valence-electron chi connectivity index (χ4n) is 3.02. The Kier molecular flexibility index (Phi) is 5.70. The molecule has 0 heterocycles. The summed E-state index contributed by atoms with van der Waals surface area (Å²) in [6, 6.07) is 15.9. The van der Waals surface area contributed by atoms with E-state index in [2.05, 4.69) is 5.32 Å². The molecule has 0 saturated carbocycles. The third-order valence-corrected chi connectivity index (χ3v) is 4.86. The summed E-state index contributed by atoms with van der Waals surface area (Å²) in [6.45, 7) is 1.94. The maximum Gasteiger partial charge on any atom is 0.220 e. The van der Waals surface area contributed by atoms with E-state index in [9.17, 15) is 9.90 Å². The molecule has 5 heteroatoms. The zero-order valence-electron chi connectivity index (χ0n) is 14.3. The first-order valence-electron chi connectivity index (χ1n) is 8.46. The summed E-state index contributed by atoms with van der Waals surface area (Å²) in [6.07, 6.45) is 1.13. The number of hydrogen-bond donors (Lipinski definition) is 2. The number of hydrogen-bond acceptors (Lipinski definition) is 2. The molecule has 0 radical (unpaired) electrons. The highest BCUT2D eigenvalue weighted by atomic mass is 35.5. The van der Waals surface area contributed by atoms with Crippen LogP contribution in [0.5, 0.6) is 5.75 Å². The van der Waals surface area contributed by atoms with Crippen molar-refractivity contribution in [3.8, 4) is 5.75 Å². The van der Waals surface area contributed by atoms with Gasteiger partial charge in [-0.2, -0.15) is 0 Å². The van der Waals surface area contributed by atoms with Crippen LogP contribution in [0.15, 0.2) is 54.6 Å². The van der Waals surface area contributed by atoms with Gasteiger partial charge in [-0.1, -0.05) is 72.6 Å². The number of carbonyl (C=O) groups excluding carboxylic acids is 1. The lowest BCUT2D eigenvalue weighted by Crippen LogP contribution is -2.29. The van der Waals surface area contributed by atoms with Crippen LogP contribution >= 0.6 is 23.2 Å². The lowest BCUT2D eigenvalue weighted by Gasteiger charge is -2.22. The van der Waals surface area contributed by atoms with Crippen LogP contribution in [0.25, 0.3) is 10.8 Å². The number of carbonyl (C=O) groups is 1. The van der Waals surface area contributed by atoms with E-state index in [-0.39, 0.29) is 11.7 Å². The Morgan fingerprint density at radius 3 is 2.54 bits per heavy atom. The molecule has 0 aliphatic heterocycles. The highest BCUT2D eigenvalue weighted by Gasteiger charge is 2.23. The molecule has 2 N–H and O–H groups in total. The number of aromatic hydroxyl groups is 1. The van der Waals surface area contributed by atoms with E-state index in [1.807, 2.05) is 43.3 Å². The van der Waals surface area contributed by atoms with Gasteiger partial charge in [-0.3, -0.25) is 4.79 Å². The fourth-order valence-corrected chi connectivity index (χ4v) is 3.54. The zero-order valence-corrected chi connectivity index (χ0v) is 15.8. The maximum absolute atomic E-state index is 12.3. The van der Waals surface area contributed by atoms with E-state index < -0.39 is 6.04 Å². The highest BCUT2D eigenvalue weighted by molar-refractivity contribution is 6.35. The van der Waals surface area contributed by atoms with E-state index in [0.29, 0.717) is 27.6 Å². The molecule has 0 aromatic heterocycles. The largest absolute Gasteiger partial charge is 0.507 e. The summed E-state index contributed by atoms with van der Waals surface area (Å²) < 4.78 is 0. The van der Waals surface area contributed by atoms with Gasteiger partial charge >= 0.3 is 0 Å². The average Bonchev–Trinajstić information content (AvgIpc) is 2.61. The predicted molar refractivity (Wildman–Crippen MR) is 107 cm³/mol. The Bertz CT molecular complexity index is 956. The van der Waals surface area contributed by atoms with Crippen molar-refractivity contribution in [2.45, 2.75) is 25.8 Å². The second-order valence-corrected chi connectivity index (χ2v) is 6.98. The third kappa shape index (κ3) is 3.79. The molecule has 134 valence electrons. The van der Waals surface area contributed by atoms with Crippen LogP contribution in [-0.2, 0) is 4.79 Å². The first-order valence-corrected chi connectivity index (χ1v) is 9.21. The number of halogens is 2. The maximum atomic E-state index is 12.3. The van der Waals surface area contributed by atoms with Gasteiger partial charge in [0.1, 0.15) is 5.75 Å². The van der Waals surface area contributed by atoms with Gasteiger partial charge < -0.3 is 10.4 Å². The molecule has 1 atom stereocenters. The molecule has 0 unspecified atom stereocenters. The number of rotatable bonds is 5. The molecule has 0 spiro atoms. The van der Waals surface area contributed by atoms with Crippen LogP contribution in [0.4, 0.5) is 0 Å². The van der Waals surface area contributed by atoms with Crippen LogP contribution in [-0.4, -0.2) is 11.0 Å². The zero-order chi connectivity index (χ0) is 18.7. The van der Waals surface area contributed by atoms with E-state index >= 15 is 0 Å². The lowest BCUT2D eigenvalue weighted by atomic mass is 9.94. The average molecular weight is 388 g/mol. The molecule has 3 aromatic carbocycles. The number of phenols is 1. The van der Waals surface area contributed by atoms with E-state index in [0.717, 1.165) is 17.2 Å². The van der Waals surface area contributed by atoms with Crippen molar-refractivity contribution in [3.05, 3.63) is 75.8 Å². The second kappa shape index (κ2) is 7.98. The molecule has 0 aliphatic carbocycles. The smallest absolute Gasteiger partial charge is 0.220 e. The molecule has 1 amide bonds. The third-order valence-electron chi connectivity index (χ3n) is 4.30. The van der Waals surface area contributed by atoms with Crippen LogP contribution in [0.3, 0.4) is 0 Å². The molecule has 0 aliphatic rings. The first kappa shape index (κ1) is 18.6. The van der Waals surface area contributed by atoms with E-state index in [1.165, 1.54) is 0 Å². The van der Waals surface area contributed by atoms with Gasteiger partial charge in [0.25, 0.3) is 0 Å². The van der Waals surface area contributed by atoms with Crippen molar-refractivity contribution < 1.29 is 9.90 Å². The molecule has 26 heavy (non-hydrogen) atoms. The standard InChI is InChI=1S/C21H19Cl2NO2/c1-2-5-19(25)24-20(16-11-9-14(22)12-18(16)23)17-10-8-13-6-3-4-7-15(13)21(17)26/h3-4,6-12,20,26H,2,5H2,1H3,(H,24,25)/t20-/m1/s1. The normalized spacial score (nSPS) is 12.1. The molecule has 3 rings (SSSR count). The van der Waals surface area contributed by atoms with Crippen LogP contribution < -0.4 is 5.32 Å². The summed E-state index contributed by atoms with van der Waals surface area (Å²) in [5.74, 6) is 0.0343. The minimum Gasteiger partial charge on any atom is -0.507 e. The Labute approximate surface area is 162 Å². The van der Waals surface area contributed by atoms with Crippen molar-refractivity contribution in [1.29, 1.82) is 0 Å². The summed E-state index contributed by atoms with van der Waals surface area (Å²) in [7, 11) is 0. The second-order valence-electron chi connectivity index (χ2n) is 6.14. The quantitative estimate of drug-likeness (QED) is 0.575. The molecule has 3 nitrogen and oxygen atoms in total. The monoisotopic (exact) mass is 387 g/mol. The fraction of sp³-hybridized carbons (Fsp3) is 0.190. The summed E-state index contributed by atoms with van der Waals surface area (Å²) in [5.41, 5.74) is 1.28. The molecular weight excluding hydrogens is 369 g/mol. The summed E-state index contributed by atoms with van der Waals surface area (Å²) in [5, 5.41) is 16.4. The number of phenolic OH excluding ortho intramolecular Hbond substituents is 1. The Hall–Kier alpha value is -2.23. The van der Waals surface area contributed by atoms with E-state index in [1.54, 1.807) is 18.2 Å². The number of amides is 1. The lowest BCUT2D eigenvalue weighted by molar-refractivity contribution is -0.121. The van der Waals surface area contributed by atoms with Crippen molar-refractivity contribution in [3.63, 3.8) is 0 Å². The van der Waals surface area contributed by atoms with Gasteiger partial charge in [0.05, 0.1) is 6.04 Å². The van der Waals surface area contributed by atoms with Crippen molar-refractivity contribution in [1.82, 2.24) is 5.32 Å². The minimum absolute atomic E-state index is 0.101. The topological polar surface area (TPSA) is 49.3 Å². The number of nitrogens with one attached hydrogen (secondary N) is 1. The molecule has 0 saturated heterocycles. The van der Waals surface area contributed by atoms with Gasteiger partial charge in [0, 0.05) is 27.4 Å². The molecule has 0 fully saturated rings. The van der Waals surface area contributed by atoms with E-state index in [4.69, 9.17) is 23.2 Å². The minimum atomic E-state index is -0.566. The Balaban J connectivity index is 2.14. The van der Waals surface area contributed by atoms with Crippen molar-refractivity contribution in [2.24, 2.45) is 0 Å². The molecule has 0 bridgehead atoms. The van der Waals surface area contributed by atoms with Gasteiger partial charge in [-0.25, -0.2) is 0 Å². The number of benzene rings is 3. The van der Waals surface area contributed by atoms with Gasteiger partial charge in [-0.05, 0) is 29.5 Å². The van der Waals surface area contributed by atoms with Gasteiger partial charge in [-0.15, -0.1) is 0 Å². The molecular formula is C21H19Cl2NO2. The van der Waals surface area contributed by atoms with Crippen LogP contribution in [0.1, 0.15) is 36.9 Å². The highest BCUT2D eigenvalue weighted by Crippen LogP contribution is 2.38. The Morgan fingerprint density at radius 1 is 1.08 bits per heavy atom. The van der Waals surface area contributed by atoms with Gasteiger partial charge in [0.2, 0.25) is 5.91 Å². The van der Waals surface area contributed by atoms with Crippen molar-refractivity contribution in [2.75, 3.05) is 0 Å².